The van der Waals surface area contributed by atoms with E-state index in [0.29, 0.717) is 5.92 Å². The molecule has 0 aromatic heterocycles. The number of hydrogen-bond acceptors (Lipinski definition) is 1. The van der Waals surface area contributed by atoms with Crippen LogP contribution in [0.4, 0.5) is 10.1 Å². The molecule has 0 saturated heterocycles. The van der Waals surface area contributed by atoms with Gasteiger partial charge >= 0.3 is 0 Å². The number of carbonyl (C=O) groups is 1. The fourth-order valence-electron chi connectivity index (χ4n) is 2.06. The SMILES string of the molecule is CCC(C)c1ccc(NC(=O)/C=C\c2ccc(F)cc2)cc1. The van der Waals surface area contributed by atoms with Gasteiger partial charge in [-0.05, 0) is 53.8 Å². The van der Waals surface area contributed by atoms with Crippen LogP contribution in [0.3, 0.4) is 0 Å². The molecule has 0 aliphatic rings. The van der Waals surface area contributed by atoms with Crippen LogP contribution in [0.15, 0.2) is 54.6 Å². The predicted octanol–water partition coefficient (Wildman–Crippen LogP) is 4.99. The van der Waals surface area contributed by atoms with Crippen LogP contribution < -0.4 is 5.32 Å². The van der Waals surface area contributed by atoms with Gasteiger partial charge in [-0.3, -0.25) is 4.79 Å². The molecule has 3 heteroatoms. The van der Waals surface area contributed by atoms with Gasteiger partial charge in [-0.1, -0.05) is 38.1 Å². The molecule has 2 aromatic carbocycles. The Morgan fingerprint density at radius 2 is 1.77 bits per heavy atom. The van der Waals surface area contributed by atoms with Gasteiger partial charge in [0.25, 0.3) is 0 Å². The second-order valence-electron chi connectivity index (χ2n) is 5.31. The van der Waals surface area contributed by atoms with Crippen LogP contribution in [-0.4, -0.2) is 5.91 Å². The van der Waals surface area contributed by atoms with Crippen molar-refractivity contribution < 1.29 is 9.18 Å². The second kappa shape index (κ2) is 7.55. The molecule has 22 heavy (non-hydrogen) atoms. The summed E-state index contributed by atoms with van der Waals surface area (Å²) in [4.78, 5) is 11.9. The minimum Gasteiger partial charge on any atom is -0.323 e. The number of nitrogens with one attached hydrogen (secondary N) is 1. The summed E-state index contributed by atoms with van der Waals surface area (Å²) in [6, 6.07) is 13.9. The van der Waals surface area contributed by atoms with E-state index in [-0.39, 0.29) is 11.7 Å². The molecule has 0 saturated carbocycles. The Hall–Kier alpha value is -2.42. The zero-order chi connectivity index (χ0) is 15.9. The molecule has 0 fully saturated rings. The number of carbonyl (C=O) groups excluding carboxylic acids is 1. The first-order valence-corrected chi connectivity index (χ1v) is 7.43. The highest BCUT2D eigenvalue weighted by atomic mass is 19.1. The summed E-state index contributed by atoms with van der Waals surface area (Å²) < 4.78 is 12.8. The zero-order valence-corrected chi connectivity index (χ0v) is 12.8. The van der Waals surface area contributed by atoms with Crippen LogP contribution in [0.2, 0.25) is 0 Å². The molecule has 0 bridgehead atoms. The Labute approximate surface area is 130 Å². The molecular formula is C19H20FNO. The van der Waals surface area contributed by atoms with Crippen molar-refractivity contribution in [3.05, 3.63) is 71.6 Å². The lowest BCUT2D eigenvalue weighted by atomic mass is 9.99. The fourth-order valence-corrected chi connectivity index (χ4v) is 2.06. The van der Waals surface area contributed by atoms with Gasteiger partial charge in [-0.2, -0.15) is 0 Å². The molecular weight excluding hydrogens is 277 g/mol. The van der Waals surface area contributed by atoms with Crippen LogP contribution in [0.1, 0.15) is 37.3 Å². The highest BCUT2D eigenvalue weighted by Crippen LogP contribution is 2.20. The Morgan fingerprint density at radius 3 is 2.36 bits per heavy atom. The van der Waals surface area contributed by atoms with E-state index in [9.17, 15) is 9.18 Å². The molecule has 1 unspecified atom stereocenters. The van der Waals surface area contributed by atoms with Gasteiger partial charge in [0.1, 0.15) is 5.82 Å². The van der Waals surface area contributed by atoms with Crippen LogP contribution in [0.5, 0.6) is 0 Å². The third kappa shape index (κ3) is 4.55. The minimum absolute atomic E-state index is 0.208. The topological polar surface area (TPSA) is 29.1 Å². The molecule has 0 spiro atoms. The van der Waals surface area contributed by atoms with E-state index in [1.807, 2.05) is 24.3 Å². The number of benzene rings is 2. The first-order valence-electron chi connectivity index (χ1n) is 7.43. The molecule has 0 radical (unpaired) electrons. The van der Waals surface area contributed by atoms with Crippen LogP contribution >= 0.6 is 0 Å². The first kappa shape index (κ1) is 16.0. The highest BCUT2D eigenvalue weighted by molar-refractivity contribution is 6.01. The smallest absolute Gasteiger partial charge is 0.248 e. The second-order valence-corrected chi connectivity index (χ2v) is 5.31. The molecule has 1 N–H and O–H groups in total. The summed E-state index contributed by atoms with van der Waals surface area (Å²) >= 11 is 0. The lowest BCUT2D eigenvalue weighted by Crippen LogP contribution is -2.07. The Kier molecular flexibility index (Phi) is 5.48. The molecule has 1 atom stereocenters. The van der Waals surface area contributed by atoms with Crippen molar-refractivity contribution >= 4 is 17.7 Å². The number of rotatable bonds is 5. The number of amides is 1. The van der Waals surface area contributed by atoms with Gasteiger partial charge in [0.15, 0.2) is 0 Å². The number of hydrogen-bond donors (Lipinski definition) is 1. The van der Waals surface area contributed by atoms with Crippen LogP contribution in [-0.2, 0) is 4.79 Å². The average Bonchev–Trinajstić information content (AvgIpc) is 2.54. The number of halogens is 1. The quantitative estimate of drug-likeness (QED) is 0.774. The Bertz CT molecular complexity index is 644. The Morgan fingerprint density at radius 1 is 1.14 bits per heavy atom. The van der Waals surface area contributed by atoms with Crippen molar-refractivity contribution in [3.8, 4) is 0 Å². The molecule has 2 rings (SSSR count). The Balaban J connectivity index is 1.95. The highest BCUT2D eigenvalue weighted by Gasteiger charge is 2.03. The van der Waals surface area contributed by atoms with E-state index in [4.69, 9.17) is 0 Å². The predicted molar refractivity (Wildman–Crippen MR) is 89.2 cm³/mol. The lowest BCUT2D eigenvalue weighted by Gasteiger charge is -2.09. The average molecular weight is 297 g/mol. The summed E-state index contributed by atoms with van der Waals surface area (Å²) in [7, 11) is 0. The van der Waals surface area contributed by atoms with Gasteiger partial charge in [-0.25, -0.2) is 4.39 Å². The lowest BCUT2D eigenvalue weighted by molar-refractivity contribution is -0.111. The summed E-state index contributed by atoms with van der Waals surface area (Å²) in [6.07, 6.45) is 4.18. The fraction of sp³-hybridized carbons (Fsp3) is 0.211. The van der Waals surface area contributed by atoms with Gasteiger partial charge < -0.3 is 5.32 Å². The molecule has 114 valence electrons. The normalized spacial score (nSPS) is 12.3. The molecule has 0 aliphatic heterocycles. The van der Waals surface area contributed by atoms with E-state index in [1.165, 1.54) is 23.8 Å². The maximum Gasteiger partial charge on any atom is 0.248 e. The van der Waals surface area contributed by atoms with Gasteiger partial charge in [-0.15, -0.1) is 0 Å². The summed E-state index contributed by atoms with van der Waals surface area (Å²) in [5, 5.41) is 2.81. The first-order chi connectivity index (χ1) is 10.6. The van der Waals surface area contributed by atoms with Crippen LogP contribution in [0.25, 0.3) is 6.08 Å². The van der Waals surface area contributed by atoms with Crippen molar-refractivity contribution in [1.29, 1.82) is 0 Å². The minimum atomic E-state index is -0.289. The molecule has 1 amide bonds. The monoisotopic (exact) mass is 297 g/mol. The van der Waals surface area contributed by atoms with Crippen molar-refractivity contribution in [2.75, 3.05) is 5.32 Å². The van der Waals surface area contributed by atoms with E-state index in [2.05, 4.69) is 19.2 Å². The van der Waals surface area contributed by atoms with E-state index in [1.54, 1.807) is 18.2 Å². The molecule has 0 heterocycles. The van der Waals surface area contributed by atoms with Crippen LogP contribution in [0, 0.1) is 5.82 Å². The van der Waals surface area contributed by atoms with Gasteiger partial charge in [0, 0.05) is 11.8 Å². The third-order valence-electron chi connectivity index (χ3n) is 3.66. The summed E-state index contributed by atoms with van der Waals surface area (Å²) in [5.41, 5.74) is 2.81. The van der Waals surface area contributed by atoms with E-state index in [0.717, 1.165) is 17.7 Å². The van der Waals surface area contributed by atoms with Crippen molar-refractivity contribution in [1.82, 2.24) is 0 Å². The van der Waals surface area contributed by atoms with Crippen molar-refractivity contribution in [3.63, 3.8) is 0 Å². The largest absolute Gasteiger partial charge is 0.323 e. The van der Waals surface area contributed by atoms with E-state index < -0.39 is 0 Å². The maximum atomic E-state index is 12.8. The zero-order valence-electron chi connectivity index (χ0n) is 12.8. The summed E-state index contributed by atoms with van der Waals surface area (Å²) in [5.74, 6) is 0.0201. The number of anilines is 1. The standard InChI is InChI=1S/C19H20FNO/c1-3-14(2)16-7-11-18(12-8-16)21-19(22)13-6-15-4-9-17(20)10-5-15/h4-14H,3H2,1-2H3,(H,21,22)/b13-6-. The molecule has 2 aromatic rings. The summed E-state index contributed by atoms with van der Waals surface area (Å²) in [6.45, 7) is 4.33. The van der Waals surface area contributed by atoms with Crippen molar-refractivity contribution in [2.45, 2.75) is 26.2 Å². The van der Waals surface area contributed by atoms with Gasteiger partial charge in [0.05, 0.1) is 0 Å². The third-order valence-corrected chi connectivity index (χ3v) is 3.66. The molecule has 0 aliphatic carbocycles. The maximum absolute atomic E-state index is 12.8. The van der Waals surface area contributed by atoms with Gasteiger partial charge in [0.2, 0.25) is 5.91 Å². The van der Waals surface area contributed by atoms with Crippen molar-refractivity contribution in [2.24, 2.45) is 0 Å². The molecule has 2 nitrogen and oxygen atoms in total. The van der Waals surface area contributed by atoms with E-state index >= 15 is 0 Å².